The van der Waals surface area contributed by atoms with Crippen molar-refractivity contribution in [1.29, 1.82) is 0 Å². The highest BCUT2D eigenvalue weighted by molar-refractivity contribution is 5.50. The molecule has 0 aromatic heterocycles. The Morgan fingerprint density at radius 2 is 2.00 bits per heavy atom. The molecular weight excluding hydrogens is 258 g/mol. The summed E-state index contributed by atoms with van der Waals surface area (Å²) in [5.74, 6) is 1.70. The third kappa shape index (κ3) is 2.06. The number of hydrogen-bond acceptors (Lipinski definition) is 2. The van der Waals surface area contributed by atoms with Crippen LogP contribution in [0.5, 0.6) is 5.75 Å². The lowest BCUT2D eigenvalue weighted by atomic mass is 9.71. The van der Waals surface area contributed by atoms with Gasteiger partial charge >= 0.3 is 0 Å². The fourth-order valence-electron chi connectivity index (χ4n) is 3.77. The van der Waals surface area contributed by atoms with Crippen molar-refractivity contribution in [1.82, 2.24) is 5.32 Å². The minimum Gasteiger partial charge on any atom is -0.493 e. The summed E-state index contributed by atoms with van der Waals surface area (Å²) in [7, 11) is 0. The molecule has 0 radical (unpaired) electrons. The maximum atomic E-state index is 5.92. The molecule has 1 aliphatic carbocycles. The van der Waals surface area contributed by atoms with Crippen LogP contribution in [0.15, 0.2) is 42.5 Å². The molecule has 0 fully saturated rings. The molecule has 0 amide bonds. The second kappa shape index (κ2) is 5.19. The highest BCUT2D eigenvalue weighted by Gasteiger charge is 2.35. The molecule has 21 heavy (non-hydrogen) atoms. The van der Waals surface area contributed by atoms with Crippen LogP contribution in [0.1, 0.15) is 41.1 Å². The summed E-state index contributed by atoms with van der Waals surface area (Å²) >= 11 is 0. The average molecular weight is 279 g/mol. The van der Waals surface area contributed by atoms with Crippen LogP contribution >= 0.6 is 0 Å². The van der Waals surface area contributed by atoms with Gasteiger partial charge in [0, 0.05) is 23.9 Å². The Balaban J connectivity index is 1.72. The molecule has 2 heteroatoms. The zero-order chi connectivity index (χ0) is 14.2. The minimum atomic E-state index is 0.359. The summed E-state index contributed by atoms with van der Waals surface area (Å²) in [6.45, 7) is 3.99. The second-order valence-corrected chi connectivity index (χ2v) is 5.98. The molecule has 0 spiro atoms. The summed E-state index contributed by atoms with van der Waals surface area (Å²) < 4.78 is 5.92. The number of benzene rings is 2. The lowest BCUT2D eigenvalue weighted by Crippen LogP contribution is -2.33. The zero-order valence-electron chi connectivity index (χ0n) is 12.4. The number of hydrogen-bond donors (Lipinski definition) is 1. The van der Waals surface area contributed by atoms with Gasteiger partial charge < -0.3 is 10.1 Å². The molecule has 4 rings (SSSR count). The number of ether oxygens (including phenoxy) is 1. The molecule has 1 heterocycles. The SMILES string of the molecule is CCNC(c1cccc2c1OCC2)C1Cc2ccccc21. The van der Waals surface area contributed by atoms with E-state index >= 15 is 0 Å². The summed E-state index contributed by atoms with van der Waals surface area (Å²) in [5, 5.41) is 3.69. The van der Waals surface area contributed by atoms with Gasteiger partial charge in [0.05, 0.1) is 6.61 Å². The third-order valence-corrected chi connectivity index (χ3v) is 4.80. The quantitative estimate of drug-likeness (QED) is 0.923. The van der Waals surface area contributed by atoms with Crippen molar-refractivity contribution in [3.63, 3.8) is 0 Å². The third-order valence-electron chi connectivity index (χ3n) is 4.80. The first-order valence-electron chi connectivity index (χ1n) is 7.94. The molecule has 2 nitrogen and oxygen atoms in total. The topological polar surface area (TPSA) is 21.3 Å². The van der Waals surface area contributed by atoms with Gasteiger partial charge in [-0.05, 0) is 29.7 Å². The van der Waals surface area contributed by atoms with Crippen LogP contribution in [0, 0.1) is 0 Å². The van der Waals surface area contributed by atoms with Gasteiger partial charge in [-0.1, -0.05) is 49.4 Å². The monoisotopic (exact) mass is 279 g/mol. The van der Waals surface area contributed by atoms with Crippen molar-refractivity contribution in [3.8, 4) is 5.75 Å². The van der Waals surface area contributed by atoms with Crippen molar-refractivity contribution in [2.45, 2.75) is 31.7 Å². The van der Waals surface area contributed by atoms with Crippen LogP contribution in [0.4, 0.5) is 0 Å². The Labute approximate surface area is 126 Å². The normalized spacial score (nSPS) is 20.1. The Morgan fingerprint density at radius 1 is 1.14 bits per heavy atom. The van der Waals surface area contributed by atoms with E-state index in [4.69, 9.17) is 4.74 Å². The van der Waals surface area contributed by atoms with Crippen molar-refractivity contribution in [2.24, 2.45) is 0 Å². The van der Waals surface area contributed by atoms with Gasteiger partial charge in [0.15, 0.2) is 0 Å². The maximum absolute atomic E-state index is 5.92. The molecule has 1 N–H and O–H groups in total. The van der Waals surface area contributed by atoms with E-state index in [-0.39, 0.29) is 0 Å². The predicted molar refractivity (Wildman–Crippen MR) is 84.9 cm³/mol. The molecule has 2 atom stereocenters. The van der Waals surface area contributed by atoms with E-state index in [0.717, 1.165) is 31.7 Å². The molecule has 0 bridgehead atoms. The van der Waals surface area contributed by atoms with Gasteiger partial charge in [-0.15, -0.1) is 0 Å². The molecule has 1 aliphatic heterocycles. The lowest BCUT2D eigenvalue weighted by molar-refractivity contribution is 0.339. The number of likely N-dealkylation sites (N-methyl/N-ethyl adjacent to an activating group) is 1. The van der Waals surface area contributed by atoms with Gasteiger partial charge in [-0.3, -0.25) is 0 Å². The Bertz CT molecular complexity index is 664. The van der Waals surface area contributed by atoms with E-state index in [2.05, 4.69) is 54.7 Å². The number of rotatable bonds is 4. The molecule has 2 unspecified atom stereocenters. The van der Waals surface area contributed by atoms with E-state index in [9.17, 15) is 0 Å². The summed E-state index contributed by atoms with van der Waals surface area (Å²) in [6.07, 6.45) is 2.21. The molecule has 0 saturated heterocycles. The van der Waals surface area contributed by atoms with Crippen LogP contribution in [0.25, 0.3) is 0 Å². The Hall–Kier alpha value is -1.80. The first kappa shape index (κ1) is 12.9. The van der Waals surface area contributed by atoms with Gasteiger partial charge in [-0.2, -0.15) is 0 Å². The van der Waals surface area contributed by atoms with E-state index < -0.39 is 0 Å². The summed E-state index contributed by atoms with van der Waals surface area (Å²) in [4.78, 5) is 0. The molecule has 2 aliphatic rings. The van der Waals surface area contributed by atoms with Crippen molar-refractivity contribution < 1.29 is 4.74 Å². The van der Waals surface area contributed by atoms with Crippen molar-refractivity contribution in [2.75, 3.05) is 13.2 Å². The largest absolute Gasteiger partial charge is 0.493 e. The number of para-hydroxylation sites is 1. The first-order chi connectivity index (χ1) is 10.4. The maximum Gasteiger partial charge on any atom is 0.127 e. The molecule has 2 aromatic carbocycles. The predicted octanol–water partition coefficient (Wildman–Crippen LogP) is 3.61. The second-order valence-electron chi connectivity index (χ2n) is 5.98. The average Bonchev–Trinajstić information content (AvgIpc) is 2.96. The van der Waals surface area contributed by atoms with E-state index in [0.29, 0.717) is 12.0 Å². The zero-order valence-corrected chi connectivity index (χ0v) is 12.4. The van der Waals surface area contributed by atoms with Crippen LogP contribution in [0.2, 0.25) is 0 Å². The van der Waals surface area contributed by atoms with Gasteiger partial charge in [0.2, 0.25) is 0 Å². The van der Waals surface area contributed by atoms with Crippen LogP contribution < -0.4 is 10.1 Å². The first-order valence-corrected chi connectivity index (χ1v) is 7.94. The van der Waals surface area contributed by atoms with Crippen LogP contribution in [-0.4, -0.2) is 13.2 Å². The van der Waals surface area contributed by atoms with E-state index in [1.54, 1.807) is 0 Å². The fourth-order valence-corrected chi connectivity index (χ4v) is 3.77. The summed E-state index contributed by atoms with van der Waals surface area (Å²) in [6, 6.07) is 15.8. The Kier molecular flexibility index (Phi) is 3.19. The van der Waals surface area contributed by atoms with Gasteiger partial charge in [0.1, 0.15) is 5.75 Å². The van der Waals surface area contributed by atoms with Gasteiger partial charge in [-0.25, -0.2) is 0 Å². The molecular formula is C19H21NO. The lowest BCUT2D eigenvalue weighted by Gasteiger charge is -2.37. The number of nitrogens with one attached hydrogen (secondary N) is 1. The van der Waals surface area contributed by atoms with Crippen molar-refractivity contribution >= 4 is 0 Å². The molecule has 2 aromatic rings. The van der Waals surface area contributed by atoms with Crippen LogP contribution in [-0.2, 0) is 12.8 Å². The van der Waals surface area contributed by atoms with E-state index in [1.807, 2.05) is 0 Å². The highest BCUT2D eigenvalue weighted by Crippen LogP contribution is 2.46. The molecule has 108 valence electrons. The number of fused-ring (bicyclic) bond motifs is 2. The Morgan fingerprint density at radius 3 is 2.86 bits per heavy atom. The van der Waals surface area contributed by atoms with Crippen LogP contribution in [0.3, 0.4) is 0 Å². The minimum absolute atomic E-state index is 0.359. The summed E-state index contributed by atoms with van der Waals surface area (Å²) in [5.41, 5.74) is 5.70. The van der Waals surface area contributed by atoms with Gasteiger partial charge in [0.25, 0.3) is 0 Å². The fraction of sp³-hybridized carbons (Fsp3) is 0.368. The molecule has 0 saturated carbocycles. The van der Waals surface area contributed by atoms with Crippen molar-refractivity contribution in [3.05, 3.63) is 64.7 Å². The smallest absolute Gasteiger partial charge is 0.127 e. The van der Waals surface area contributed by atoms with E-state index in [1.165, 1.54) is 22.3 Å². The highest BCUT2D eigenvalue weighted by atomic mass is 16.5. The standard InChI is InChI=1S/C19H21NO/c1-2-20-18(17-12-14-6-3-4-8-15(14)17)16-9-5-7-13-10-11-21-19(13)16/h3-9,17-18,20H,2,10-12H2,1H3.